The van der Waals surface area contributed by atoms with E-state index >= 15 is 0 Å². The lowest BCUT2D eigenvalue weighted by atomic mass is 10.1. The summed E-state index contributed by atoms with van der Waals surface area (Å²) in [5.41, 5.74) is 1.27. The van der Waals surface area contributed by atoms with Crippen molar-refractivity contribution in [3.05, 3.63) is 41.0 Å². The zero-order chi connectivity index (χ0) is 15.3. The summed E-state index contributed by atoms with van der Waals surface area (Å²) >= 11 is 0. The van der Waals surface area contributed by atoms with Crippen LogP contribution in [0.15, 0.2) is 29.3 Å². The van der Waals surface area contributed by atoms with Gasteiger partial charge in [0.25, 0.3) is 0 Å². The Morgan fingerprint density at radius 3 is 2.50 bits per heavy atom. The molecule has 0 atom stereocenters. The molecule has 1 aromatic carbocycles. The molecule has 0 bridgehead atoms. The number of halogens is 2. The molecule has 5 heteroatoms. The Balaban J connectivity index is 2.75. The first-order valence-electron chi connectivity index (χ1n) is 6.36. The number of hydrogen-bond donors (Lipinski definition) is 0. The Bertz CT molecular complexity index is 527. The van der Waals surface area contributed by atoms with Crippen LogP contribution in [0.4, 0.5) is 8.78 Å². The smallest absolute Gasteiger partial charge is 0.249 e. The molecule has 0 saturated carbocycles. The summed E-state index contributed by atoms with van der Waals surface area (Å²) in [4.78, 5) is 13.5. The number of ether oxygens (including phenoxy) is 1. The van der Waals surface area contributed by atoms with Crippen LogP contribution in [-0.2, 0) is 4.79 Å². The molecule has 0 radical (unpaired) electrons. The largest absolute Gasteiger partial charge is 0.486 e. The number of likely N-dealkylation sites (N-methyl/N-ethyl adjacent to an activating group) is 1. The normalized spacial score (nSPS) is 11.9. The Hall–Kier alpha value is -1.91. The molecule has 0 unspecified atom stereocenters. The van der Waals surface area contributed by atoms with E-state index in [4.69, 9.17) is 4.74 Å². The van der Waals surface area contributed by atoms with Gasteiger partial charge < -0.3 is 9.64 Å². The third-order valence-electron chi connectivity index (χ3n) is 3.12. The maximum absolute atomic E-state index is 13.4. The van der Waals surface area contributed by atoms with Gasteiger partial charge in [0, 0.05) is 25.2 Å². The second-order valence-corrected chi connectivity index (χ2v) is 4.59. The Labute approximate surface area is 117 Å². The van der Waals surface area contributed by atoms with E-state index in [1.54, 1.807) is 25.8 Å². The minimum atomic E-state index is -0.757. The molecule has 1 rings (SSSR count). The number of hydrogen-bond acceptors (Lipinski definition) is 2. The molecule has 20 heavy (non-hydrogen) atoms. The summed E-state index contributed by atoms with van der Waals surface area (Å²) in [7, 11) is 1.71. The van der Waals surface area contributed by atoms with Crippen LogP contribution in [0.5, 0.6) is 5.75 Å². The standard InChI is InChI=1S/C15H19F2NO2/c1-5-18(4)15(19)11(3)10(2)9-20-14-7-6-12(16)8-13(14)17/h6-8H,5,9H2,1-4H3/b11-10-. The molecule has 1 amide bonds. The van der Waals surface area contributed by atoms with Gasteiger partial charge in [-0.05, 0) is 38.5 Å². The van der Waals surface area contributed by atoms with Gasteiger partial charge in [0.05, 0.1) is 0 Å². The molecule has 0 fully saturated rings. The monoisotopic (exact) mass is 283 g/mol. The maximum atomic E-state index is 13.4. The van der Waals surface area contributed by atoms with Crippen molar-refractivity contribution in [2.24, 2.45) is 0 Å². The van der Waals surface area contributed by atoms with E-state index in [0.717, 1.165) is 12.1 Å². The van der Waals surface area contributed by atoms with Crippen molar-refractivity contribution in [1.29, 1.82) is 0 Å². The fourth-order valence-electron chi connectivity index (χ4n) is 1.50. The number of rotatable bonds is 5. The van der Waals surface area contributed by atoms with E-state index in [9.17, 15) is 13.6 Å². The summed E-state index contributed by atoms with van der Waals surface area (Å²) in [6.07, 6.45) is 0. The Morgan fingerprint density at radius 1 is 1.30 bits per heavy atom. The van der Waals surface area contributed by atoms with Crippen LogP contribution in [0.2, 0.25) is 0 Å². The molecule has 0 aliphatic rings. The average molecular weight is 283 g/mol. The van der Waals surface area contributed by atoms with Gasteiger partial charge in [-0.3, -0.25) is 4.79 Å². The lowest BCUT2D eigenvalue weighted by Crippen LogP contribution is -2.27. The number of benzene rings is 1. The van der Waals surface area contributed by atoms with Crippen LogP contribution in [-0.4, -0.2) is 31.0 Å². The number of nitrogens with zero attached hydrogens (tertiary/aromatic N) is 1. The highest BCUT2D eigenvalue weighted by molar-refractivity contribution is 5.93. The number of amides is 1. The fraction of sp³-hybridized carbons (Fsp3) is 0.400. The quantitative estimate of drug-likeness (QED) is 0.777. The van der Waals surface area contributed by atoms with Crippen LogP contribution in [0.1, 0.15) is 20.8 Å². The molecule has 0 aliphatic carbocycles. The lowest BCUT2D eigenvalue weighted by Gasteiger charge is -2.17. The first kappa shape index (κ1) is 16.1. The van der Waals surface area contributed by atoms with E-state index in [1.165, 1.54) is 6.07 Å². The molecule has 0 spiro atoms. The summed E-state index contributed by atoms with van der Waals surface area (Å²) in [5.74, 6) is -1.53. The minimum Gasteiger partial charge on any atom is -0.486 e. The van der Waals surface area contributed by atoms with Crippen molar-refractivity contribution in [1.82, 2.24) is 4.90 Å². The second kappa shape index (κ2) is 7.03. The van der Waals surface area contributed by atoms with Crippen LogP contribution in [0, 0.1) is 11.6 Å². The molecular weight excluding hydrogens is 264 g/mol. The Morgan fingerprint density at radius 2 is 1.95 bits per heavy atom. The molecule has 110 valence electrons. The highest BCUT2D eigenvalue weighted by Crippen LogP contribution is 2.19. The van der Waals surface area contributed by atoms with Crippen LogP contribution in [0.3, 0.4) is 0 Å². The minimum absolute atomic E-state index is 0.0326. The molecule has 1 aromatic rings. The van der Waals surface area contributed by atoms with E-state index in [-0.39, 0.29) is 18.3 Å². The lowest BCUT2D eigenvalue weighted by molar-refractivity contribution is -0.125. The van der Waals surface area contributed by atoms with Crippen LogP contribution >= 0.6 is 0 Å². The van der Waals surface area contributed by atoms with Crippen LogP contribution in [0.25, 0.3) is 0 Å². The molecule has 0 saturated heterocycles. The van der Waals surface area contributed by atoms with Gasteiger partial charge in [0.15, 0.2) is 11.6 Å². The summed E-state index contributed by atoms with van der Waals surface area (Å²) < 4.78 is 31.4. The number of carbonyl (C=O) groups is 1. The number of carbonyl (C=O) groups excluding carboxylic acids is 1. The van der Waals surface area contributed by atoms with Crippen molar-refractivity contribution in [3.63, 3.8) is 0 Å². The van der Waals surface area contributed by atoms with Gasteiger partial charge in [-0.2, -0.15) is 0 Å². The molecule has 3 nitrogen and oxygen atoms in total. The summed E-state index contributed by atoms with van der Waals surface area (Å²) in [6.45, 7) is 6.02. The molecule has 0 aliphatic heterocycles. The molecule has 0 N–H and O–H groups in total. The third kappa shape index (κ3) is 4.05. The fourth-order valence-corrected chi connectivity index (χ4v) is 1.50. The Kier molecular flexibility index (Phi) is 5.67. The second-order valence-electron chi connectivity index (χ2n) is 4.59. The van der Waals surface area contributed by atoms with Gasteiger partial charge in [0.2, 0.25) is 5.91 Å². The van der Waals surface area contributed by atoms with Gasteiger partial charge in [-0.15, -0.1) is 0 Å². The van der Waals surface area contributed by atoms with Gasteiger partial charge in [-0.1, -0.05) is 0 Å². The topological polar surface area (TPSA) is 29.5 Å². The van der Waals surface area contributed by atoms with Crippen LogP contribution < -0.4 is 4.74 Å². The molecule has 0 aromatic heterocycles. The van der Waals surface area contributed by atoms with Gasteiger partial charge >= 0.3 is 0 Å². The highest BCUT2D eigenvalue weighted by Gasteiger charge is 2.12. The van der Waals surface area contributed by atoms with E-state index in [0.29, 0.717) is 17.7 Å². The first-order valence-corrected chi connectivity index (χ1v) is 6.36. The maximum Gasteiger partial charge on any atom is 0.249 e. The highest BCUT2D eigenvalue weighted by atomic mass is 19.1. The summed E-state index contributed by atoms with van der Waals surface area (Å²) in [5, 5.41) is 0. The van der Waals surface area contributed by atoms with Crippen molar-refractivity contribution in [2.45, 2.75) is 20.8 Å². The predicted molar refractivity (Wildman–Crippen MR) is 73.5 cm³/mol. The zero-order valence-corrected chi connectivity index (χ0v) is 12.2. The zero-order valence-electron chi connectivity index (χ0n) is 12.2. The van der Waals surface area contributed by atoms with Crippen molar-refractivity contribution < 1.29 is 18.3 Å². The van der Waals surface area contributed by atoms with E-state index < -0.39 is 11.6 Å². The van der Waals surface area contributed by atoms with Gasteiger partial charge in [-0.25, -0.2) is 8.78 Å². The van der Waals surface area contributed by atoms with Crippen molar-refractivity contribution in [2.75, 3.05) is 20.2 Å². The molecule has 0 heterocycles. The van der Waals surface area contributed by atoms with Gasteiger partial charge in [0.1, 0.15) is 12.4 Å². The predicted octanol–water partition coefficient (Wildman–Crippen LogP) is 3.16. The average Bonchev–Trinajstić information content (AvgIpc) is 2.43. The first-order chi connectivity index (χ1) is 9.36. The molecular formula is C15H19F2NO2. The van der Waals surface area contributed by atoms with Crippen molar-refractivity contribution in [3.8, 4) is 5.75 Å². The van der Waals surface area contributed by atoms with E-state index in [2.05, 4.69) is 0 Å². The third-order valence-corrected chi connectivity index (χ3v) is 3.12. The van der Waals surface area contributed by atoms with Crippen molar-refractivity contribution >= 4 is 5.91 Å². The SMILES string of the molecule is CCN(C)C(=O)/C(C)=C(/C)COc1ccc(F)cc1F. The van der Waals surface area contributed by atoms with E-state index in [1.807, 2.05) is 6.92 Å². The summed E-state index contributed by atoms with van der Waals surface area (Å²) in [6, 6.07) is 3.12.